The number of hydrogen-bond acceptors (Lipinski definition) is 8. The number of aromatic amines is 2. The van der Waals surface area contributed by atoms with E-state index in [2.05, 4.69) is 9.97 Å². The number of hydrogen-bond donors (Lipinski definition) is 6. The van der Waals surface area contributed by atoms with Crippen LogP contribution >= 0.6 is 23.2 Å². The highest BCUT2D eigenvalue weighted by Crippen LogP contribution is 2.45. The van der Waals surface area contributed by atoms with Crippen LogP contribution in [0.4, 0.5) is 0 Å². The van der Waals surface area contributed by atoms with Crippen LogP contribution in [0.5, 0.6) is 0 Å². The zero-order chi connectivity index (χ0) is 36.4. The highest BCUT2D eigenvalue weighted by molar-refractivity contribution is 6.32. The summed E-state index contributed by atoms with van der Waals surface area (Å²) in [4.78, 5) is 61.3. The van der Waals surface area contributed by atoms with E-state index in [1.54, 1.807) is 0 Å². The monoisotopic (exact) mass is 720 g/mol. The van der Waals surface area contributed by atoms with Crippen LogP contribution in [-0.4, -0.2) is 53.9 Å². The van der Waals surface area contributed by atoms with E-state index < -0.39 is 46.5 Å². The maximum Gasteiger partial charge on any atom is 0.312 e. The van der Waals surface area contributed by atoms with Crippen LogP contribution in [0.3, 0.4) is 0 Å². The molecule has 2 atom stereocenters. The van der Waals surface area contributed by atoms with Gasteiger partial charge >= 0.3 is 11.9 Å². The summed E-state index contributed by atoms with van der Waals surface area (Å²) in [6, 6.07) is 11.5. The van der Waals surface area contributed by atoms with Gasteiger partial charge < -0.3 is 39.2 Å². The van der Waals surface area contributed by atoms with Gasteiger partial charge in [0, 0.05) is 54.1 Å². The van der Waals surface area contributed by atoms with E-state index in [9.17, 15) is 39.6 Å². The first-order valence-electron chi connectivity index (χ1n) is 15.2. The highest BCUT2D eigenvalue weighted by Gasteiger charge is 2.45. The summed E-state index contributed by atoms with van der Waals surface area (Å²) >= 11 is 12.5. The van der Waals surface area contributed by atoms with E-state index in [1.807, 2.05) is 0 Å². The molecule has 12 nitrogen and oxygen atoms in total. The average Bonchev–Trinajstić information content (AvgIpc) is 3.82. The van der Waals surface area contributed by atoms with Crippen LogP contribution < -0.4 is 0 Å². The second-order valence-corrected chi connectivity index (χ2v) is 13.8. The summed E-state index contributed by atoms with van der Waals surface area (Å²) in [5, 5.41) is 44.2. The quantitative estimate of drug-likeness (QED) is 0.0749. The molecule has 2 unspecified atom stereocenters. The van der Waals surface area contributed by atoms with Gasteiger partial charge in [0.1, 0.15) is 11.8 Å². The Bertz CT molecular complexity index is 2180. The van der Waals surface area contributed by atoms with Crippen molar-refractivity contribution in [2.45, 2.75) is 50.7 Å². The zero-order valence-corrected chi connectivity index (χ0v) is 28.4. The van der Waals surface area contributed by atoms with E-state index in [1.165, 1.54) is 88.8 Å². The topological polar surface area (TPSA) is 207 Å². The van der Waals surface area contributed by atoms with Gasteiger partial charge in [0.25, 0.3) is 0 Å². The number of carboxylic acids is 2. The number of rotatable bonds is 11. The third-order valence-electron chi connectivity index (χ3n) is 8.60. The summed E-state index contributed by atoms with van der Waals surface area (Å²) in [7, 11) is 0. The normalized spacial score (nSPS) is 13.5. The summed E-state index contributed by atoms with van der Waals surface area (Å²) < 4.78 is 11.0. The van der Waals surface area contributed by atoms with Gasteiger partial charge in [0.05, 0.1) is 35.1 Å². The minimum Gasteiger partial charge on any atom is -0.481 e. The lowest BCUT2D eigenvalue weighted by Crippen LogP contribution is -2.29. The molecule has 4 aromatic heterocycles. The van der Waals surface area contributed by atoms with Crippen LogP contribution in [0.25, 0.3) is 21.8 Å². The molecule has 0 fully saturated rings. The fraction of sp³-hybridized carbons (Fsp3) is 0.222. The van der Waals surface area contributed by atoms with Crippen molar-refractivity contribution >= 4 is 68.5 Å². The maximum absolute atomic E-state index is 14.2. The van der Waals surface area contributed by atoms with Gasteiger partial charge in [0.15, 0.2) is 11.5 Å². The highest BCUT2D eigenvalue weighted by atomic mass is 35.5. The summed E-state index contributed by atoms with van der Waals surface area (Å²) in [6.07, 6.45) is 2.39. The Kier molecular flexibility index (Phi) is 8.56. The average molecular weight is 722 g/mol. The summed E-state index contributed by atoms with van der Waals surface area (Å²) in [5.41, 5.74) is -3.54. The van der Waals surface area contributed by atoms with Crippen LogP contribution in [-0.2, 0) is 20.8 Å². The fourth-order valence-electron chi connectivity index (χ4n) is 6.41. The Morgan fingerprint density at radius 2 is 1.00 bits per heavy atom. The molecule has 0 bridgehead atoms. The number of ketones is 2. The van der Waals surface area contributed by atoms with Gasteiger partial charge in [-0.25, -0.2) is 0 Å². The number of halogens is 2. The van der Waals surface area contributed by atoms with Crippen molar-refractivity contribution in [3.8, 4) is 0 Å². The van der Waals surface area contributed by atoms with E-state index in [-0.39, 0.29) is 77.0 Å². The van der Waals surface area contributed by atoms with E-state index in [4.69, 9.17) is 32.0 Å². The third kappa shape index (κ3) is 5.90. The van der Waals surface area contributed by atoms with Crippen molar-refractivity contribution in [3.05, 3.63) is 116 Å². The number of carboxylic acid groups (broad SMARTS) is 2. The Balaban J connectivity index is 1.66. The molecule has 0 amide bonds. The van der Waals surface area contributed by atoms with E-state index in [0.717, 1.165) is 0 Å². The third-order valence-corrected chi connectivity index (χ3v) is 9.07. The first-order valence-corrected chi connectivity index (χ1v) is 15.9. The first kappa shape index (κ1) is 34.7. The largest absolute Gasteiger partial charge is 0.481 e. The zero-order valence-electron chi connectivity index (χ0n) is 26.9. The lowest BCUT2D eigenvalue weighted by Gasteiger charge is -2.23. The van der Waals surface area contributed by atoms with Crippen molar-refractivity contribution in [1.82, 2.24) is 9.97 Å². The molecule has 0 saturated heterocycles. The van der Waals surface area contributed by atoms with Crippen molar-refractivity contribution < 1.29 is 48.4 Å². The van der Waals surface area contributed by atoms with Gasteiger partial charge in [-0.1, -0.05) is 35.3 Å². The van der Waals surface area contributed by atoms with Crippen molar-refractivity contribution in [2.24, 2.45) is 0 Å². The summed E-state index contributed by atoms with van der Waals surface area (Å²) in [5.74, 6) is -9.65. The molecule has 6 N–H and O–H groups in total. The number of aromatic nitrogens is 2. The predicted octanol–water partition coefficient (Wildman–Crippen LogP) is 7.10. The molecule has 50 heavy (non-hydrogen) atoms. The molecule has 6 aromatic rings. The Hall–Kier alpha value is -5.14. The minimum absolute atomic E-state index is 0.106. The smallest absolute Gasteiger partial charge is 0.312 e. The number of carbonyl (C=O) groups excluding carboxylic acids is 2. The van der Waals surface area contributed by atoms with Crippen LogP contribution in [0.2, 0.25) is 10.0 Å². The molecule has 4 heterocycles. The van der Waals surface area contributed by atoms with Gasteiger partial charge in [-0.05, 0) is 64.1 Å². The Morgan fingerprint density at radius 3 is 1.32 bits per heavy atom. The molecule has 0 spiro atoms. The summed E-state index contributed by atoms with van der Waals surface area (Å²) in [6.45, 7) is 5.74. The van der Waals surface area contributed by atoms with E-state index >= 15 is 0 Å². The Morgan fingerprint density at radius 1 is 0.640 bits per heavy atom. The lowest BCUT2D eigenvalue weighted by atomic mass is 9.77. The maximum atomic E-state index is 14.2. The number of nitrogens with one attached hydrogen (secondary N) is 2. The molecular weight excluding hydrogens is 691 g/mol. The van der Waals surface area contributed by atoms with Crippen LogP contribution in [0, 0.1) is 0 Å². The molecule has 0 aliphatic heterocycles. The number of aliphatic hydroxyl groups is 2. The Labute approximate surface area is 293 Å². The van der Waals surface area contributed by atoms with Gasteiger partial charge in [0.2, 0.25) is 11.6 Å². The van der Waals surface area contributed by atoms with Crippen LogP contribution in [0.15, 0.2) is 69.9 Å². The fourth-order valence-corrected chi connectivity index (χ4v) is 6.76. The first-order chi connectivity index (χ1) is 23.4. The lowest BCUT2D eigenvalue weighted by molar-refractivity contribution is -0.147. The molecule has 258 valence electrons. The van der Waals surface area contributed by atoms with Crippen molar-refractivity contribution in [2.75, 3.05) is 0 Å². The van der Waals surface area contributed by atoms with Crippen LogP contribution in [0.1, 0.15) is 94.3 Å². The second kappa shape index (κ2) is 12.3. The van der Waals surface area contributed by atoms with E-state index in [0.29, 0.717) is 0 Å². The van der Waals surface area contributed by atoms with Crippen molar-refractivity contribution in [1.29, 1.82) is 0 Å². The molecule has 14 heteroatoms. The predicted molar refractivity (Wildman–Crippen MR) is 182 cm³/mol. The number of benzene rings is 2. The molecule has 0 radical (unpaired) electrons. The second-order valence-electron chi connectivity index (χ2n) is 12.9. The number of aliphatic carboxylic acids is 2. The van der Waals surface area contributed by atoms with Gasteiger partial charge in [-0.15, -0.1) is 0 Å². The molecule has 0 aliphatic rings. The van der Waals surface area contributed by atoms with Gasteiger partial charge in [-0.2, -0.15) is 0 Å². The van der Waals surface area contributed by atoms with Gasteiger partial charge in [-0.3, -0.25) is 19.2 Å². The number of fused-ring (bicyclic) bond motifs is 2. The number of H-pyrrole nitrogens is 2. The molecular formula is C36H30Cl2N2O10. The molecule has 0 saturated carbocycles. The molecule has 0 aliphatic carbocycles. The number of carbonyl (C=O) groups is 4. The number of furan rings is 2. The molecule has 2 aromatic carbocycles. The minimum atomic E-state index is -2.02. The SMILES string of the molecule is CC(C)(O)c1ccoc1C(=O)c1[nH]c2cc(Cl)ccc2c1C(C(=O)O)C(C(=O)O)c1c(C(=O)c2occc2C(C)(C)O)[nH]c2cc(Cl)ccc12. The standard InChI is InChI=1S/C36H30Cl2N2O10/c1-35(2,47)19-9-11-49-31(19)29(41)27-23(17-7-5-15(37)13-21(17)39-27)25(33(43)44)26(34(45)46)24-18-8-6-16(38)14-22(18)40-28(24)30(42)32-20(10-12-50-32)36(3,4)48/h5-14,25-26,39-40,47-48H,1-4H3,(H,43,44)(H,45,46). The van der Waals surface area contributed by atoms with Crippen molar-refractivity contribution in [3.63, 3.8) is 0 Å². The molecule has 6 rings (SSSR count).